The zero-order valence-corrected chi connectivity index (χ0v) is 13.5. The summed E-state index contributed by atoms with van der Waals surface area (Å²) in [5.74, 6) is 0.189. The second-order valence-corrected chi connectivity index (χ2v) is 6.44. The van der Waals surface area contributed by atoms with Crippen molar-refractivity contribution in [3.8, 4) is 0 Å². The molecule has 3 N–H and O–H groups in total. The van der Waals surface area contributed by atoms with Gasteiger partial charge < -0.3 is 16.0 Å². The molecule has 0 bridgehead atoms. The van der Waals surface area contributed by atoms with Gasteiger partial charge in [-0.25, -0.2) is 0 Å². The lowest BCUT2D eigenvalue weighted by Gasteiger charge is -2.46. The van der Waals surface area contributed by atoms with E-state index in [0.29, 0.717) is 25.3 Å². The minimum Gasteiger partial charge on any atom is -0.392 e. The summed E-state index contributed by atoms with van der Waals surface area (Å²) in [5, 5.41) is 2.79. The van der Waals surface area contributed by atoms with Gasteiger partial charge in [0, 0.05) is 12.6 Å². The topological polar surface area (TPSA) is 75.4 Å². The second-order valence-electron chi connectivity index (χ2n) is 6.00. The highest BCUT2D eigenvalue weighted by Gasteiger charge is 2.52. The van der Waals surface area contributed by atoms with E-state index in [0.717, 1.165) is 0 Å². The van der Waals surface area contributed by atoms with Crippen LogP contribution in [0.25, 0.3) is 0 Å². The van der Waals surface area contributed by atoms with E-state index in [1.54, 1.807) is 4.90 Å². The number of hydrogen-bond donors (Lipinski definition) is 2. The van der Waals surface area contributed by atoms with E-state index in [-0.39, 0.29) is 29.4 Å². The maximum Gasteiger partial charge on any atom is 0.239 e. The number of carbonyl (C=O) groups excluding carboxylic acids is 2. The summed E-state index contributed by atoms with van der Waals surface area (Å²) in [6.45, 7) is 8.25. The number of carbonyl (C=O) groups is 2. The molecule has 0 aromatic rings. The molecule has 0 unspecified atom stereocenters. The number of rotatable bonds is 6. The molecular formula is C14H25N3O2S. The van der Waals surface area contributed by atoms with Crippen molar-refractivity contribution >= 4 is 29.0 Å². The van der Waals surface area contributed by atoms with Crippen molar-refractivity contribution in [3.63, 3.8) is 0 Å². The number of hydrogen-bond acceptors (Lipinski definition) is 3. The Morgan fingerprint density at radius 2 is 2.00 bits per heavy atom. The number of nitrogens with zero attached hydrogens (tertiary/aromatic N) is 1. The van der Waals surface area contributed by atoms with E-state index in [4.69, 9.17) is 18.0 Å². The molecular weight excluding hydrogens is 274 g/mol. The smallest absolute Gasteiger partial charge is 0.239 e. The standard InChI is InChI=1S/C14H25N3O2S/c1-5-17(8-11(18)16-9(2)3)13(19)14(12(15)20)6-10(4)7-14/h9-10H,5-8H2,1-4H3,(H2,15,20)(H,16,18). The maximum atomic E-state index is 12.7. The molecule has 6 heteroatoms. The average Bonchev–Trinajstić information content (AvgIpc) is 2.29. The van der Waals surface area contributed by atoms with E-state index in [9.17, 15) is 9.59 Å². The highest BCUT2D eigenvalue weighted by atomic mass is 32.1. The van der Waals surface area contributed by atoms with Crippen LogP contribution in [0.1, 0.15) is 40.5 Å². The van der Waals surface area contributed by atoms with Crippen molar-refractivity contribution in [2.45, 2.75) is 46.6 Å². The minimum atomic E-state index is -0.733. The van der Waals surface area contributed by atoms with Gasteiger partial charge in [-0.3, -0.25) is 9.59 Å². The molecule has 0 aromatic heterocycles. The van der Waals surface area contributed by atoms with Crippen LogP contribution in [0.5, 0.6) is 0 Å². The molecule has 0 saturated heterocycles. The van der Waals surface area contributed by atoms with Gasteiger partial charge in [-0.1, -0.05) is 19.1 Å². The van der Waals surface area contributed by atoms with E-state index in [2.05, 4.69) is 12.2 Å². The summed E-state index contributed by atoms with van der Waals surface area (Å²) in [5.41, 5.74) is 5.05. The molecule has 1 aliphatic rings. The molecule has 1 saturated carbocycles. The molecule has 1 rings (SSSR count). The molecule has 5 nitrogen and oxygen atoms in total. The fraction of sp³-hybridized carbons (Fsp3) is 0.786. The first-order valence-corrected chi connectivity index (χ1v) is 7.52. The van der Waals surface area contributed by atoms with Gasteiger partial charge in [0.15, 0.2) is 0 Å². The largest absolute Gasteiger partial charge is 0.392 e. The van der Waals surface area contributed by atoms with Crippen molar-refractivity contribution in [1.82, 2.24) is 10.2 Å². The summed E-state index contributed by atoms with van der Waals surface area (Å²) >= 11 is 5.09. The second kappa shape index (κ2) is 6.52. The first kappa shape index (κ1) is 16.9. The molecule has 114 valence electrons. The van der Waals surface area contributed by atoms with Crippen LogP contribution in [0, 0.1) is 11.3 Å². The van der Waals surface area contributed by atoms with Crippen LogP contribution in [-0.4, -0.2) is 40.8 Å². The number of amides is 2. The average molecular weight is 299 g/mol. The van der Waals surface area contributed by atoms with Crippen LogP contribution in [0.3, 0.4) is 0 Å². The Bertz CT molecular complexity index is 403. The fourth-order valence-corrected chi connectivity index (χ4v) is 3.04. The molecule has 0 spiro atoms. The molecule has 0 aromatic carbocycles. The summed E-state index contributed by atoms with van der Waals surface area (Å²) in [6.07, 6.45) is 1.37. The summed E-state index contributed by atoms with van der Waals surface area (Å²) in [7, 11) is 0. The Kier molecular flexibility index (Phi) is 5.50. The maximum absolute atomic E-state index is 12.7. The van der Waals surface area contributed by atoms with E-state index < -0.39 is 5.41 Å². The number of thiocarbonyl (C=S) groups is 1. The predicted molar refractivity (Wildman–Crippen MR) is 83.1 cm³/mol. The van der Waals surface area contributed by atoms with Crippen molar-refractivity contribution in [2.75, 3.05) is 13.1 Å². The van der Waals surface area contributed by atoms with Crippen molar-refractivity contribution in [2.24, 2.45) is 17.1 Å². The van der Waals surface area contributed by atoms with Crippen LogP contribution < -0.4 is 11.1 Å². The van der Waals surface area contributed by atoms with Gasteiger partial charge in [0.05, 0.1) is 16.9 Å². The summed E-state index contributed by atoms with van der Waals surface area (Å²) in [4.78, 5) is 26.3. The highest BCUT2D eigenvalue weighted by Crippen LogP contribution is 2.47. The van der Waals surface area contributed by atoms with Crippen LogP contribution in [0.2, 0.25) is 0 Å². The zero-order valence-electron chi connectivity index (χ0n) is 12.7. The third kappa shape index (κ3) is 3.48. The lowest BCUT2D eigenvalue weighted by molar-refractivity contribution is -0.146. The highest BCUT2D eigenvalue weighted by molar-refractivity contribution is 7.80. The van der Waals surface area contributed by atoms with Gasteiger partial charge in [-0.05, 0) is 39.5 Å². The third-order valence-corrected chi connectivity index (χ3v) is 4.12. The first-order valence-electron chi connectivity index (χ1n) is 7.11. The van der Waals surface area contributed by atoms with Crippen molar-refractivity contribution in [3.05, 3.63) is 0 Å². The SMILES string of the molecule is CCN(CC(=O)NC(C)C)C(=O)C1(C(N)=S)CC(C)C1. The predicted octanol–water partition coefficient (Wildman–Crippen LogP) is 1.06. The number of nitrogens with one attached hydrogen (secondary N) is 1. The molecule has 0 atom stereocenters. The Hall–Kier alpha value is -1.17. The molecule has 0 aliphatic heterocycles. The van der Waals surface area contributed by atoms with Gasteiger partial charge in [-0.15, -0.1) is 0 Å². The van der Waals surface area contributed by atoms with Gasteiger partial charge in [-0.2, -0.15) is 0 Å². The quantitative estimate of drug-likeness (QED) is 0.719. The number of nitrogens with two attached hydrogens (primary N) is 1. The Labute approximate surface area is 126 Å². The van der Waals surface area contributed by atoms with Crippen LogP contribution in [0.15, 0.2) is 0 Å². The molecule has 20 heavy (non-hydrogen) atoms. The van der Waals surface area contributed by atoms with Gasteiger partial charge in [0.25, 0.3) is 0 Å². The zero-order chi connectivity index (χ0) is 15.5. The Morgan fingerprint density at radius 3 is 2.35 bits per heavy atom. The van der Waals surface area contributed by atoms with Gasteiger partial charge >= 0.3 is 0 Å². The lowest BCUT2D eigenvalue weighted by atomic mass is 9.61. The fourth-order valence-electron chi connectivity index (χ4n) is 2.78. The van der Waals surface area contributed by atoms with E-state index >= 15 is 0 Å². The molecule has 0 radical (unpaired) electrons. The molecule has 1 fully saturated rings. The number of likely N-dealkylation sites (N-methyl/N-ethyl adjacent to an activating group) is 1. The lowest BCUT2D eigenvalue weighted by Crippen LogP contribution is -2.58. The third-order valence-electron chi connectivity index (χ3n) is 3.73. The Morgan fingerprint density at radius 1 is 1.45 bits per heavy atom. The van der Waals surface area contributed by atoms with Gasteiger partial charge in [0.1, 0.15) is 0 Å². The molecule has 1 aliphatic carbocycles. The van der Waals surface area contributed by atoms with E-state index in [1.165, 1.54) is 0 Å². The van der Waals surface area contributed by atoms with Crippen molar-refractivity contribution in [1.29, 1.82) is 0 Å². The monoisotopic (exact) mass is 299 g/mol. The van der Waals surface area contributed by atoms with Crippen LogP contribution in [0.4, 0.5) is 0 Å². The van der Waals surface area contributed by atoms with E-state index in [1.807, 2.05) is 20.8 Å². The molecule has 0 heterocycles. The normalized spacial score (nSPS) is 24.9. The summed E-state index contributed by atoms with van der Waals surface area (Å²) in [6, 6.07) is 0.0598. The summed E-state index contributed by atoms with van der Waals surface area (Å²) < 4.78 is 0. The first-order chi connectivity index (χ1) is 9.22. The molecule has 2 amide bonds. The van der Waals surface area contributed by atoms with Crippen LogP contribution in [-0.2, 0) is 9.59 Å². The van der Waals surface area contributed by atoms with Crippen molar-refractivity contribution < 1.29 is 9.59 Å². The van der Waals surface area contributed by atoms with Gasteiger partial charge in [0.2, 0.25) is 11.8 Å². The Balaban J connectivity index is 2.76. The van der Waals surface area contributed by atoms with Crippen LogP contribution >= 0.6 is 12.2 Å². The minimum absolute atomic E-state index is 0.0598.